The van der Waals surface area contributed by atoms with Crippen LogP contribution < -0.4 is 11.1 Å². The van der Waals surface area contributed by atoms with Gasteiger partial charge >= 0.3 is 0 Å². The van der Waals surface area contributed by atoms with Crippen molar-refractivity contribution in [3.8, 4) is 0 Å². The van der Waals surface area contributed by atoms with E-state index in [4.69, 9.17) is 5.73 Å². The summed E-state index contributed by atoms with van der Waals surface area (Å²) in [5.74, 6) is 1.05. The number of rotatable bonds is 5. The number of nitrogens with two attached hydrogens (primary N) is 1. The number of nitrogen functional groups attached to an aromatic ring is 1. The highest BCUT2D eigenvalue weighted by atomic mass is 32.2. The van der Waals surface area contributed by atoms with Crippen LogP contribution in [0.1, 0.15) is 27.9 Å². The minimum atomic E-state index is -0.0154. The molecule has 0 aliphatic heterocycles. The van der Waals surface area contributed by atoms with Gasteiger partial charge < -0.3 is 11.1 Å². The summed E-state index contributed by atoms with van der Waals surface area (Å²) in [6, 6.07) is 1.96. The Hall–Kier alpha value is -0.680. The minimum Gasteiger partial charge on any atom is -0.398 e. The average Bonchev–Trinajstić information content (AvgIpc) is 2.56. The Morgan fingerprint density at radius 1 is 1.69 bits per heavy atom. The molecule has 1 heterocycles. The molecule has 16 heavy (non-hydrogen) atoms. The second-order valence-corrected chi connectivity index (χ2v) is 6.02. The molecule has 0 bridgehead atoms. The van der Waals surface area contributed by atoms with Gasteiger partial charge in [0, 0.05) is 16.6 Å². The normalized spacial score (nSPS) is 12.4. The highest BCUT2D eigenvalue weighted by Gasteiger charge is 2.13. The fraction of sp³-hybridized carbons (Fsp3) is 0.545. The largest absolute Gasteiger partial charge is 0.398 e. The van der Waals surface area contributed by atoms with Crippen molar-refractivity contribution in [2.75, 3.05) is 17.7 Å². The van der Waals surface area contributed by atoms with E-state index in [2.05, 4.69) is 11.6 Å². The van der Waals surface area contributed by atoms with E-state index in [1.807, 2.05) is 13.8 Å². The summed E-state index contributed by atoms with van der Waals surface area (Å²) in [5.41, 5.74) is 6.42. The van der Waals surface area contributed by atoms with Crippen molar-refractivity contribution in [2.45, 2.75) is 26.3 Å². The standard InChI is InChI=1S/C11H18N2OS2/c1-7(4-5-15-3)13-11(14)10-6-9(12)8(2)16-10/h6-7H,4-5,12H2,1-3H3,(H,13,14). The molecule has 1 aromatic heterocycles. The van der Waals surface area contributed by atoms with Crippen molar-refractivity contribution >= 4 is 34.7 Å². The molecule has 1 amide bonds. The molecule has 90 valence electrons. The summed E-state index contributed by atoms with van der Waals surface area (Å²) >= 11 is 3.24. The van der Waals surface area contributed by atoms with Gasteiger partial charge in [0.2, 0.25) is 0 Å². The van der Waals surface area contributed by atoms with E-state index in [0.29, 0.717) is 10.6 Å². The topological polar surface area (TPSA) is 55.1 Å². The lowest BCUT2D eigenvalue weighted by Crippen LogP contribution is -2.32. The first-order valence-corrected chi connectivity index (χ1v) is 7.41. The second kappa shape index (κ2) is 6.15. The van der Waals surface area contributed by atoms with Crippen molar-refractivity contribution in [1.29, 1.82) is 0 Å². The van der Waals surface area contributed by atoms with Gasteiger partial charge in [0.15, 0.2) is 0 Å². The molecule has 0 fully saturated rings. The molecule has 5 heteroatoms. The van der Waals surface area contributed by atoms with Gasteiger partial charge in [-0.1, -0.05) is 0 Å². The zero-order valence-corrected chi connectivity index (χ0v) is 11.5. The molecule has 0 saturated carbocycles. The molecule has 1 unspecified atom stereocenters. The minimum absolute atomic E-state index is 0.0154. The first kappa shape index (κ1) is 13.4. The lowest BCUT2D eigenvalue weighted by molar-refractivity contribution is 0.0943. The first-order valence-electron chi connectivity index (χ1n) is 5.20. The van der Waals surface area contributed by atoms with Crippen LogP contribution in [0, 0.1) is 6.92 Å². The van der Waals surface area contributed by atoms with Crippen LogP contribution in [0.5, 0.6) is 0 Å². The number of carbonyl (C=O) groups excluding carboxylic acids is 1. The van der Waals surface area contributed by atoms with Gasteiger partial charge in [-0.05, 0) is 38.3 Å². The summed E-state index contributed by atoms with van der Waals surface area (Å²) in [7, 11) is 0. The molecule has 0 spiro atoms. The Morgan fingerprint density at radius 3 is 2.88 bits per heavy atom. The van der Waals surface area contributed by atoms with Crippen molar-refractivity contribution in [1.82, 2.24) is 5.32 Å². The monoisotopic (exact) mass is 258 g/mol. The summed E-state index contributed by atoms with van der Waals surface area (Å²) in [6.45, 7) is 3.95. The number of aryl methyl sites for hydroxylation is 1. The third-order valence-corrected chi connectivity index (χ3v) is 4.02. The molecule has 0 aromatic carbocycles. The van der Waals surface area contributed by atoms with E-state index in [0.717, 1.165) is 17.1 Å². The SMILES string of the molecule is CSCCC(C)NC(=O)c1cc(N)c(C)s1. The van der Waals surface area contributed by atoms with Gasteiger partial charge in [0.05, 0.1) is 4.88 Å². The number of hydrogen-bond acceptors (Lipinski definition) is 4. The van der Waals surface area contributed by atoms with Crippen molar-refractivity contribution in [3.63, 3.8) is 0 Å². The summed E-state index contributed by atoms with van der Waals surface area (Å²) in [5, 5.41) is 2.97. The summed E-state index contributed by atoms with van der Waals surface area (Å²) in [6.07, 6.45) is 3.06. The van der Waals surface area contributed by atoms with Gasteiger partial charge in [-0.3, -0.25) is 4.79 Å². The molecule has 3 nitrogen and oxygen atoms in total. The molecule has 1 rings (SSSR count). The average molecular weight is 258 g/mol. The maximum Gasteiger partial charge on any atom is 0.261 e. The smallest absolute Gasteiger partial charge is 0.261 e. The first-order chi connectivity index (χ1) is 7.54. The number of carbonyl (C=O) groups is 1. The van der Waals surface area contributed by atoms with Gasteiger partial charge in [0.1, 0.15) is 0 Å². The van der Waals surface area contributed by atoms with Crippen LogP contribution in [0.15, 0.2) is 6.07 Å². The molecule has 3 N–H and O–H groups in total. The van der Waals surface area contributed by atoms with E-state index < -0.39 is 0 Å². The Kier molecular flexibility index (Phi) is 5.15. The molecule has 0 aliphatic carbocycles. The number of nitrogens with one attached hydrogen (secondary N) is 1. The zero-order valence-electron chi connectivity index (χ0n) is 9.87. The van der Waals surface area contributed by atoms with Gasteiger partial charge in [-0.15, -0.1) is 11.3 Å². The predicted octanol–water partition coefficient (Wildman–Crippen LogP) is 2.51. The molecule has 0 radical (unpaired) electrons. The van der Waals surface area contributed by atoms with E-state index >= 15 is 0 Å². The van der Waals surface area contributed by atoms with E-state index in [1.165, 1.54) is 11.3 Å². The molecule has 0 saturated heterocycles. The molecular formula is C11H18N2OS2. The number of anilines is 1. The van der Waals surface area contributed by atoms with Crippen molar-refractivity contribution in [3.05, 3.63) is 15.8 Å². The van der Waals surface area contributed by atoms with Crippen LogP contribution in [-0.4, -0.2) is 24.0 Å². The second-order valence-electron chi connectivity index (χ2n) is 3.78. The highest BCUT2D eigenvalue weighted by Crippen LogP contribution is 2.23. The van der Waals surface area contributed by atoms with E-state index in [1.54, 1.807) is 17.8 Å². The quantitative estimate of drug-likeness (QED) is 0.853. The number of thiophene rings is 1. The number of thioether (sulfide) groups is 1. The molecule has 1 aromatic rings. The van der Waals surface area contributed by atoms with E-state index in [-0.39, 0.29) is 11.9 Å². The van der Waals surface area contributed by atoms with Crippen LogP contribution in [0.2, 0.25) is 0 Å². The Labute approximate surface area is 105 Å². The zero-order chi connectivity index (χ0) is 12.1. The van der Waals surface area contributed by atoms with Gasteiger partial charge in [0.25, 0.3) is 5.91 Å². The molecular weight excluding hydrogens is 240 g/mol. The van der Waals surface area contributed by atoms with Crippen LogP contribution in [0.3, 0.4) is 0 Å². The fourth-order valence-electron chi connectivity index (χ4n) is 1.27. The maximum absolute atomic E-state index is 11.8. The van der Waals surface area contributed by atoms with Crippen LogP contribution >= 0.6 is 23.1 Å². The van der Waals surface area contributed by atoms with Crippen molar-refractivity contribution < 1.29 is 4.79 Å². The van der Waals surface area contributed by atoms with Gasteiger partial charge in [-0.25, -0.2) is 0 Å². The van der Waals surface area contributed by atoms with E-state index in [9.17, 15) is 4.79 Å². The Morgan fingerprint density at radius 2 is 2.38 bits per heavy atom. The third kappa shape index (κ3) is 3.72. The molecule has 1 atom stereocenters. The maximum atomic E-state index is 11.8. The van der Waals surface area contributed by atoms with Crippen LogP contribution in [0.25, 0.3) is 0 Å². The fourth-order valence-corrected chi connectivity index (χ4v) is 2.70. The van der Waals surface area contributed by atoms with Crippen LogP contribution in [0.4, 0.5) is 5.69 Å². The molecule has 0 aliphatic rings. The van der Waals surface area contributed by atoms with Crippen LogP contribution in [-0.2, 0) is 0 Å². The number of hydrogen-bond donors (Lipinski definition) is 2. The lowest BCUT2D eigenvalue weighted by Gasteiger charge is -2.11. The Balaban J connectivity index is 2.52. The van der Waals surface area contributed by atoms with Crippen molar-refractivity contribution in [2.24, 2.45) is 0 Å². The summed E-state index contributed by atoms with van der Waals surface area (Å²) in [4.78, 5) is 13.5. The Bertz CT molecular complexity index is 343. The third-order valence-electron chi connectivity index (χ3n) is 2.31. The summed E-state index contributed by atoms with van der Waals surface area (Å²) < 4.78 is 0. The lowest BCUT2D eigenvalue weighted by atomic mass is 10.2. The predicted molar refractivity (Wildman–Crippen MR) is 73.4 cm³/mol. The van der Waals surface area contributed by atoms with Gasteiger partial charge in [-0.2, -0.15) is 11.8 Å². The number of amides is 1. The highest BCUT2D eigenvalue weighted by molar-refractivity contribution is 7.98.